The van der Waals surface area contributed by atoms with Gasteiger partial charge < -0.3 is 9.88 Å². The molecule has 0 saturated carbocycles. The fourth-order valence-electron chi connectivity index (χ4n) is 2.24. The molecule has 21 heavy (non-hydrogen) atoms. The highest BCUT2D eigenvalue weighted by molar-refractivity contribution is 5.75. The summed E-state index contributed by atoms with van der Waals surface area (Å²) in [6.07, 6.45) is 1.60. The van der Waals surface area contributed by atoms with Crippen LogP contribution in [0.2, 0.25) is 0 Å². The molecule has 0 bridgehead atoms. The van der Waals surface area contributed by atoms with Gasteiger partial charge in [-0.15, -0.1) is 0 Å². The van der Waals surface area contributed by atoms with Gasteiger partial charge in [0.25, 0.3) is 5.56 Å². The first-order chi connectivity index (χ1) is 9.97. The summed E-state index contributed by atoms with van der Waals surface area (Å²) in [5.74, 6) is -0.184. The van der Waals surface area contributed by atoms with Gasteiger partial charge in [0, 0.05) is 24.5 Å². The van der Waals surface area contributed by atoms with E-state index in [9.17, 15) is 9.59 Å². The molecule has 2 rings (SSSR count). The van der Waals surface area contributed by atoms with E-state index >= 15 is 0 Å². The molecule has 1 amide bonds. The molecule has 0 aliphatic rings. The molecule has 6 heteroatoms. The van der Waals surface area contributed by atoms with Gasteiger partial charge in [-0.05, 0) is 32.9 Å². The molecular formula is C15H20N4O2. The maximum atomic E-state index is 11.9. The normalized spacial score (nSPS) is 12.1. The van der Waals surface area contributed by atoms with Crippen LogP contribution in [0.3, 0.4) is 0 Å². The maximum absolute atomic E-state index is 11.9. The quantitative estimate of drug-likeness (QED) is 0.893. The van der Waals surface area contributed by atoms with Crippen LogP contribution < -0.4 is 10.9 Å². The fraction of sp³-hybridized carbons (Fsp3) is 0.400. The molecule has 6 nitrogen and oxygen atoms in total. The monoisotopic (exact) mass is 288 g/mol. The van der Waals surface area contributed by atoms with Crippen LogP contribution in [0, 0.1) is 13.8 Å². The molecule has 0 saturated heterocycles. The lowest BCUT2D eigenvalue weighted by molar-refractivity contribution is -0.121. The predicted octanol–water partition coefficient (Wildman–Crippen LogP) is 1.04. The molecular weight excluding hydrogens is 268 g/mol. The van der Waals surface area contributed by atoms with Crippen molar-refractivity contribution in [1.29, 1.82) is 0 Å². The summed E-state index contributed by atoms with van der Waals surface area (Å²) in [6, 6.07) is 6.89. The lowest BCUT2D eigenvalue weighted by atomic mass is 10.3. The highest BCUT2D eigenvalue weighted by Gasteiger charge is 2.11. The second-order valence-corrected chi connectivity index (χ2v) is 5.19. The van der Waals surface area contributed by atoms with Crippen LogP contribution in [0.5, 0.6) is 0 Å². The van der Waals surface area contributed by atoms with Crippen molar-refractivity contribution in [3.05, 3.63) is 52.2 Å². The van der Waals surface area contributed by atoms with Gasteiger partial charge in [-0.25, -0.2) is 0 Å². The predicted molar refractivity (Wildman–Crippen MR) is 80.1 cm³/mol. The summed E-state index contributed by atoms with van der Waals surface area (Å²) < 4.78 is 3.27. The number of amides is 1. The minimum atomic E-state index is -0.184. The fourth-order valence-corrected chi connectivity index (χ4v) is 2.24. The van der Waals surface area contributed by atoms with E-state index < -0.39 is 0 Å². The van der Waals surface area contributed by atoms with Crippen molar-refractivity contribution in [3.8, 4) is 0 Å². The molecule has 0 spiro atoms. The first-order valence-electron chi connectivity index (χ1n) is 6.92. The van der Waals surface area contributed by atoms with Gasteiger partial charge in [0.1, 0.15) is 6.54 Å². The van der Waals surface area contributed by atoms with Crippen LogP contribution >= 0.6 is 0 Å². The Bertz CT molecular complexity index is 687. The Morgan fingerprint density at radius 3 is 2.76 bits per heavy atom. The van der Waals surface area contributed by atoms with Crippen molar-refractivity contribution in [2.45, 2.75) is 33.4 Å². The Hall–Kier alpha value is -2.37. The molecule has 112 valence electrons. The van der Waals surface area contributed by atoms with Crippen LogP contribution in [0.4, 0.5) is 0 Å². The molecule has 0 radical (unpaired) electrons. The minimum absolute atomic E-state index is 0.0313. The number of rotatable bonds is 5. The zero-order valence-corrected chi connectivity index (χ0v) is 12.5. The van der Waals surface area contributed by atoms with Gasteiger partial charge in [-0.3, -0.25) is 14.3 Å². The lowest BCUT2D eigenvalue weighted by Crippen LogP contribution is -2.35. The molecule has 1 atom stereocenters. The molecule has 2 aromatic rings. The molecule has 2 heterocycles. The number of aromatic nitrogens is 3. The highest BCUT2D eigenvalue weighted by Crippen LogP contribution is 2.09. The number of carbonyl (C=O) groups is 1. The second-order valence-electron chi connectivity index (χ2n) is 5.19. The summed E-state index contributed by atoms with van der Waals surface area (Å²) >= 11 is 0. The molecule has 0 aromatic carbocycles. The number of nitrogens with zero attached hydrogens (tertiary/aromatic N) is 3. The lowest BCUT2D eigenvalue weighted by Gasteiger charge is -2.15. The van der Waals surface area contributed by atoms with E-state index in [0.29, 0.717) is 6.54 Å². The molecule has 0 aliphatic carbocycles. The third-order valence-electron chi connectivity index (χ3n) is 3.27. The van der Waals surface area contributed by atoms with Crippen molar-refractivity contribution in [3.63, 3.8) is 0 Å². The Labute approximate surface area is 123 Å². The Balaban J connectivity index is 1.91. The van der Waals surface area contributed by atoms with E-state index in [1.54, 1.807) is 18.3 Å². The summed E-state index contributed by atoms with van der Waals surface area (Å²) in [4.78, 5) is 23.4. The third-order valence-corrected chi connectivity index (χ3v) is 3.27. The largest absolute Gasteiger partial charge is 0.352 e. The first kappa shape index (κ1) is 15.0. The van der Waals surface area contributed by atoms with Gasteiger partial charge in [-0.2, -0.15) is 5.10 Å². The van der Waals surface area contributed by atoms with E-state index in [0.717, 1.165) is 11.4 Å². The average molecular weight is 288 g/mol. The van der Waals surface area contributed by atoms with Crippen molar-refractivity contribution in [1.82, 2.24) is 19.7 Å². The number of nitrogens with one attached hydrogen (secondary N) is 1. The van der Waals surface area contributed by atoms with Crippen molar-refractivity contribution < 1.29 is 4.79 Å². The number of hydrogen-bond acceptors (Lipinski definition) is 3. The van der Waals surface area contributed by atoms with Crippen molar-refractivity contribution >= 4 is 5.91 Å². The van der Waals surface area contributed by atoms with Gasteiger partial charge in [-0.1, -0.05) is 6.07 Å². The Kier molecular flexibility index (Phi) is 4.57. The smallest absolute Gasteiger partial charge is 0.250 e. The van der Waals surface area contributed by atoms with Crippen LogP contribution in [-0.2, 0) is 11.3 Å². The number of pyridine rings is 1. The zero-order valence-electron chi connectivity index (χ0n) is 12.5. The van der Waals surface area contributed by atoms with Crippen LogP contribution in [0.25, 0.3) is 0 Å². The Morgan fingerprint density at radius 2 is 2.14 bits per heavy atom. The number of carbonyl (C=O) groups excluding carboxylic acids is 1. The van der Waals surface area contributed by atoms with E-state index in [1.807, 2.05) is 31.5 Å². The maximum Gasteiger partial charge on any atom is 0.250 e. The van der Waals surface area contributed by atoms with E-state index in [4.69, 9.17) is 0 Å². The summed E-state index contributed by atoms with van der Waals surface area (Å²) in [5.41, 5.74) is 1.84. The standard InChI is InChI=1S/C15H20N4O2/c1-11-8-12(2)19(17-11)13(3)9-16-14(20)10-18-7-5-4-6-15(18)21/h4-8,13H,9-10H2,1-3H3,(H,16,20). The van der Waals surface area contributed by atoms with Crippen LogP contribution in [-0.4, -0.2) is 26.8 Å². The van der Waals surface area contributed by atoms with E-state index in [-0.39, 0.29) is 24.1 Å². The number of hydrogen-bond donors (Lipinski definition) is 1. The third kappa shape index (κ3) is 3.81. The van der Waals surface area contributed by atoms with Crippen molar-refractivity contribution in [2.24, 2.45) is 0 Å². The summed E-state index contributed by atoms with van der Waals surface area (Å²) in [6.45, 7) is 6.43. The van der Waals surface area contributed by atoms with Crippen molar-refractivity contribution in [2.75, 3.05) is 6.54 Å². The molecule has 2 aromatic heterocycles. The average Bonchev–Trinajstić information content (AvgIpc) is 2.78. The molecule has 0 fully saturated rings. The molecule has 1 unspecified atom stereocenters. The van der Waals surface area contributed by atoms with E-state index in [1.165, 1.54) is 10.6 Å². The summed E-state index contributed by atoms with van der Waals surface area (Å²) in [7, 11) is 0. The molecule has 1 N–H and O–H groups in total. The highest BCUT2D eigenvalue weighted by atomic mass is 16.2. The number of aryl methyl sites for hydroxylation is 2. The van der Waals surface area contributed by atoms with Crippen LogP contribution in [0.15, 0.2) is 35.3 Å². The minimum Gasteiger partial charge on any atom is -0.352 e. The zero-order chi connectivity index (χ0) is 15.4. The van der Waals surface area contributed by atoms with Crippen LogP contribution in [0.1, 0.15) is 24.4 Å². The van der Waals surface area contributed by atoms with Gasteiger partial charge >= 0.3 is 0 Å². The topological polar surface area (TPSA) is 68.9 Å². The SMILES string of the molecule is Cc1cc(C)n(C(C)CNC(=O)Cn2ccccc2=O)n1. The van der Waals surface area contributed by atoms with E-state index in [2.05, 4.69) is 10.4 Å². The van der Waals surface area contributed by atoms with Gasteiger partial charge in [0.05, 0.1) is 11.7 Å². The van der Waals surface area contributed by atoms with Gasteiger partial charge in [0.15, 0.2) is 0 Å². The summed E-state index contributed by atoms with van der Waals surface area (Å²) in [5, 5.41) is 7.23. The Morgan fingerprint density at radius 1 is 1.38 bits per heavy atom. The second kappa shape index (κ2) is 6.39. The van der Waals surface area contributed by atoms with Gasteiger partial charge in [0.2, 0.25) is 5.91 Å². The first-order valence-corrected chi connectivity index (χ1v) is 6.92. The molecule has 0 aliphatic heterocycles.